The Balaban J connectivity index is 2.13. The average molecular weight is 280 g/mol. The molecule has 0 aromatic carbocycles. The number of nitrogens with zero attached hydrogens (tertiary/aromatic N) is 1. The second kappa shape index (κ2) is 6.09. The lowest BCUT2D eigenvalue weighted by atomic mass is 9.76. The van der Waals surface area contributed by atoms with Crippen molar-refractivity contribution >= 4 is 11.8 Å². The standard InChI is InChI=1S/C14H20N2O4/c1-19-9-6-14(13(15)18)5-3-7-16(10-14)12(17)11-4-2-8-20-11/h2,4,8H,3,5-7,9-10H2,1H3,(H2,15,18). The van der Waals surface area contributed by atoms with Crippen LogP contribution >= 0.6 is 0 Å². The van der Waals surface area contributed by atoms with E-state index in [2.05, 4.69) is 0 Å². The van der Waals surface area contributed by atoms with Gasteiger partial charge in [0.2, 0.25) is 5.91 Å². The van der Waals surface area contributed by atoms with E-state index in [1.807, 2.05) is 0 Å². The topological polar surface area (TPSA) is 85.8 Å². The molecule has 6 nitrogen and oxygen atoms in total. The zero-order chi connectivity index (χ0) is 14.6. The maximum atomic E-state index is 12.3. The first-order valence-corrected chi connectivity index (χ1v) is 6.71. The minimum Gasteiger partial charge on any atom is -0.459 e. The Hall–Kier alpha value is -1.82. The molecule has 1 aliphatic heterocycles. The van der Waals surface area contributed by atoms with Gasteiger partial charge in [0.15, 0.2) is 5.76 Å². The van der Waals surface area contributed by atoms with Gasteiger partial charge in [0.1, 0.15) is 0 Å². The molecule has 0 saturated carbocycles. The van der Waals surface area contributed by atoms with Crippen molar-refractivity contribution in [2.24, 2.45) is 11.1 Å². The molecule has 1 saturated heterocycles. The van der Waals surface area contributed by atoms with Crippen LogP contribution in [0.25, 0.3) is 0 Å². The lowest BCUT2D eigenvalue weighted by Gasteiger charge is -2.40. The first-order valence-electron chi connectivity index (χ1n) is 6.71. The van der Waals surface area contributed by atoms with E-state index in [4.69, 9.17) is 14.9 Å². The normalized spacial score (nSPS) is 22.8. The molecule has 20 heavy (non-hydrogen) atoms. The van der Waals surface area contributed by atoms with Crippen molar-refractivity contribution in [1.29, 1.82) is 0 Å². The molecule has 1 aromatic rings. The molecule has 2 N–H and O–H groups in total. The average Bonchev–Trinajstić information content (AvgIpc) is 2.98. The van der Waals surface area contributed by atoms with Crippen LogP contribution in [0, 0.1) is 5.41 Å². The van der Waals surface area contributed by atoms with E-state index in [1.54, 1.807) is 24.1 Å². The van der Waals surface area contributed by atoms with Crippen molar-refractivity contribution in [2.45, 2.75) is 19.3 Å². The van der Waals surface area contributed by atoms with Gasteiger partial charge in [0, 0.05) is 26.8 Å². The van der Waals surface area contributed by atoms with E-state index in [0.717, 1.165) is 6.42 Å². The van der Waals surface area contributed by atoms with Gasteiger partial charge < -0.3 is 19.8 Å². The summed E-state index contributed by atoms with van der Waals surface area (Å²) in [6.07, 6.45) is 3.43. The number of primary amides is 1. The van der Waals surface area contributed by atoms with Gasteiger partial charge in [-0.3, -0.25) is 9.59 Å². The Morgan fingerprint density at radius 3 is 2.95 bits per heavy atom. The Kier molecular flexibility index (Phi) is 4.44. The zero-order valence-corrected chi connectivity index (χ0v) is 11.6. The summed E-state index contributed by atoms with van der Waals surface area (Å²) in [5.41, 5.74) is 4.87. The van der Waals surface area contributed by atoms with Crippen molar-refractivity contribution in [3.8, 4) is 0 Å². The lowest BCUT2D eigenvalue weighted by Crippen LogP contribution is -2.52. The summed E-state index contributed by atoms with van der Waals surface area (Å²) in [6, 6.07) is 3.29. The molecule has 0 radical (unpaired) electrons. The van der Waals surface area contributed by atoms with Crippen LogP contribution in [-0.2, 0) is 9.53 Å². The summed E-state index contributed by atoms with van der Waals surface area (Å²) in [5, 5.41) is 0. The third kappa shape index (κ3) is 2.85. The van der Waals surface area contributed by atoms with Crippen LogP contribution in [-0.4, -0.2) is 43.5 Å². The molecule has 2 amide bonds. The van der Waals surface area contributed by atoms with Gasteiger partial charge in [-0.05, 0) is 31.4 Å². The van der Waals surface area contributed by atoms with E-state index in [0.29, 0.717) is 32.5 Å². The number of likely N-dealkylation sites (tertiary alicyclic amines) is 1. The highest BCUT2D eigenvalue weighted by Crippen LogP contribution is 2.34. The summed E-state index contributed by atoms with van der Waals surface area (Å²) in [6.45, 7) is 1.39. The number of piperidine rings is 1. The van der Waals surface area contributed by atoms with Gasteiger partial charge in [-0.1, -0.05) is 0 Å². The number of methoxy groups -OCH3 is 1. The second-order valence-electron chi connectivity index (χ2n) is 5.19. The van der Waals surface area contributed by atoms with Crippen molar-refractivity contribution in [1.82, 2.24) is 4.90 Å². The first-order chi connectivity index (χ1) is 9.59. The predicted octanol–water partition coefficient (Wildman–Crippen LogP) is 1.02. The molecule has 0 bridgehead atoms. The van der Waals surface area contributed by atoms with Gasteiger partial charge in [-0.2, -0.15) is 0 Å². The fourth-order valence-electron chi connectivity index (χ4n) is 2.69. The fourth-order valence-corrected chi connectivity index (χ4v) is 2.69. The number of furan rings is 1. The van der Waals surface area contributed by atoms with E-state index < -0.39 is 5.41 Å². The Bertz CT molecular complexity index is 472. The molecule has 1 fully saturated rings. The second-order valence-corrected chi connectivity index (χ2v) is 5.19. The maximum Gasteiger partial charge on any atom is 0.289 e. The van der Waals surface area contributed by atoms with E-state index in [1.165, 1.54) is 6.26 Å². The molecule has 1 aliphatic rings. The van der Waals surface area contributed by atoms with Crippen LogP contribution in [0.1, 0.15) is 29.8 Å². The molecule has 1 unspecified atom stereocenters. The van der Waals surface area contributed by atoms with Crippen molar-refractivity contribution in [3.63, 3.8) is 0 Å². The number of nitrogens with two attached hydrogens (primary N) is 1. The summed E-state index contributed by atoms with van der Waals surface area (Å²) in [4.78, 5) is 25.8. The maximum absolute atomic E-state index is 12.3. The number of rotatable bonds is 5. The summed E-state index contributed by atoms with van der Waals surface area (Å²) in [5.74, 6) is -0.277. The molecule has 6 heteroatoms. The third-order valence-corrected chi connectivity index (χ3v) is 3.90. The number of ether oxygens (including phenoxy) is 1. The molecular formula is C14H20N2O4. The minimum absolute atomic E-state index is 0.197. The summed E-state index contributed by atoms with van der Waals surface area (Å²) >= 11 is 0. The third-order valence-electron chi connectivity index (χ3n) is 3.90. The highest BCUT2D eigenvalue weighted by Gasteiger charge is 2.42. The highest BCUT2D eigenvalue weighted by molar-refractivity contribution is 5.92. The van der Waals surface area contributed by atoms with E-state index in [-0.39, 0.29) is 17.6 Å². The smallest absolute Gasteiger partial charge is 0.289 e. The van der Waals surface area contributed by atoms with Gasteiger partial charge in [0.05, 0.1) is 11.7 Å². The molecule has 0 aliphatic carbocycles. The molecule has 1 atom stereocenters. The van der Waals surface area contributed by atoms with Crippen LogP contribution in [0.15, 0.2) is 22.8 Å². The molecule has 2 heterocycles. The van der Waals surface area contributed by atoms with E-state index in [9.17, 15) is 9.59 Å². The van der Waals surface area contributed by atoms with Gasteiger partial charge in [0.25, 0.3) is 5.91 Å². The van der Waals surface area contributed by atoms with Crippen molar-refractivity contribution in [2.75, 3.05) is 26.8 Å². The molecule has 0 spiro atoms. The van der Waals surface area contributed by atoms with Crippen molar-refractivity contribution < 1.29 is 18.7 Å². The number of carbonyl (C=O) groups excluding carboxylic acids is 2. The zero-order valence-electron chi connectivity index (χ0n) is 11.6. The summed E-state index contributed by atoms with van der Waals surface area (Å²) < 4.78 is 10.2. The van der Waals surface area contributed by atoms with Crippen LogP contribution in [0.5, 0.6) is 0 Å². The predicted molar refractivity (Wildman–Crippen MR) is 72.0 cm³/mol. The van der Waals surface area contributed by atoms with Gasteiger partial charge in [-0.15, -0.1) is 0 Å². The number of hydrogen-bond acceptors (Lipinski definition) is 4. The van der Waals surface area contributed by atoms with Crippen LogP contribution in [0.3, 0.4) is 0 Å². The van der Waals surface area contributed by atoms with Gasteiger partial charge >= 0.3 is 0 Å². The molecule has 1 aromatic heterocycles. The number of amides is 2. The highest BCUT2D eigenvalue weighted by atomic mass is 16.5. The Morgan fingerprint density at radius 2 is 2.35 bits per heavy atom. The molecule has 2 rings (SSSR count). The van der Waals surface area contributed by atoms with E-state index >= 15 is 0 Å². The largest absolute Gasteiger partial charge is 0.459 e. The summed E-state index contributed by atoms with van der Waals surface area (Å²) in [7, 11) is 1.59. The Labute approximate surface area is 117 Å². The van der Waals surface area contributed by atoms with Crippen LogP contribution < -0.4 is 5.73 Å². The molecule has 110 valence electrons. The van der Waals surface area contributed by atoms with Gasteiger partial charge in [-0.25, -0.2) is 0 Å². The number of hydrogen-bond donors (Lipinski definition) is 1. The van der Waals surface area contributed by atoms with Crippen LogP contribution in [0.2, 0.25) is 0 Å². The fraction of sp³-hybridized carbons (Fsp3) is 0.571. The van der Waals surface area contributed by atoms with Crippen LogP contribution in [0.4, 0.5) is 0 Å². The monoisotopic (exact) mass is 280 g/mol. The minimum atomic E-state index is -0.698. The SMILES string of the molecule is COCCC1(C(N)=O)CCCN(C(=O)c2ccco2)C1. The molecular weight excluding hydrogens is 260 g/mol. The Morgan fingerprint density at radius 1 is 1.55 bits per heavy atom. The quantitative estimate of drug-likeness (QED) is 0.872. The number of carbonyl (C=O) groups is 2. The van der Waals surface area contributed by atoms with Crippen molar-refractivity contribution in [3.05, 3.63) is 24.2 Å². The lowest BCUT2D eigenvalue weighted by molar-refractivity contribution is -0.131. The first kappa shape index (κ1) is 14.6.